The van der Waals surface area contributed by atoms with Crippen molar-refractivity contribution >= 4 is 29.6 Å². The summed E-state index contributed by atoms with van der Waals surface area (Å²) < 4.78 is 13.1. The summed E-state index contributed by atoms with van der Waals surface area (Å²) in [5.41, 5.74) is 11.8. The van der Waals surface area contributed by atoms with Crippen LogP contribution in [0.5, 0.6) is 0 Å². The zero-order valence-corrected chi connectivity index (χ0v) is 12.9. The third-order valence-electron chi connectivity index (χ3n) is 3.21. The van der Waals surface area contributed by atoms with E-state index in [1.807, 2.05) is 0 Å². The van der Waals surface area contributed by atoms with E-state index >= 15 is 0 Å². The standard InChI is InChI=1S/C14H15FN6OS/c15-8-3-1-7(2-4-8)10(11(22)18-9-5-6-9)23-14-20-12(16)19-13(17)21-14/h1-4,9-10H,5-6H2,(H,18,22)(H4,16,17,19,20,21)/t10-/m0/s1. The van der Waals surface area contributed by atoms with E-state index < -0.39 is 5.25 Å². The second-order valence-electron chi connectivity index (χ2n) is 5.17. The summed E-state index contributed by atoms with van der Waals surface area (Å²) in [5, 5.41) is 2.55. The monoisotopic (exact) mass is 334 g/mol. The molecule has 1 aromatic carbocycles. The number of nitrogens with zero attached hydrogens (tertiary/aromatic N) is 3. The van der Waals surface area contributed by atoms with Gasteiger partial charge in [-0.3, -0.25) is 4.79 Å². The molecule has 0 radical (unpaired) electrons. The lowest BCUT2D eigenvalue weighted by Gasteiger charge is -2.16. The Morgan fingerprint density at radius 2 is 1.78 bits per heavy atom. The fraction of sp³-hybridized carbons (Fsp3) is 0.286. The number of thioether (sulfide) groups is 1. The zero-order valence-electron chi connectivity index (χ0n) is 12.1. The van der Waals surface area contributed by atoms with Crippen LogP contribution >= 0.6 is 11.8 Å². The van der Waals surface area contributed by atoms with Gasteiger partial charge in [0.15, 0.2) is 5.16 Å². The predicted octanol–water partition coefficient (Wildman–Crippen LogP) is 1.29. The molecule has 1 heterocycles. The SMILES string of the molecule is Nc1nc(N)nc(S[C@H](C(=O)NC2CC2)c2ccc(F)cc2)n1. The molecule has 0 unspecified atom stereocenters. The summed E-state index contributed by atoms with van der Waals surface area (Å²) in [6.07, 6.45) is 1.94. The Morgan fingerprint density at radius 3 is 2.35 bits per heavy atom. The molecule has 1 amide bonds. The molecule has 2 aromatic rings. The molecule has 9 heteroatoms. The first-order valence-corrected chi connectivity index (χ1v) is 7.89. The lowest BCUT2D eigenvalue weighted by Crippen LogP contribution is -2.30. The molecule has 3 rings (SSSR count). The van der Waals surface area contributed by atoms with E-state index in [0.29, 0.717) is 5.56 Å². The van der Waals surface area contributed by atoms with Gasteiger partial charge in [-0.25, -0.2) is 4.39 Å². The van der Waals surface area contributed by atoms with Crippen molar-refractivity contribution in [3.05, 3.63) is 35.6 Å². The van der Waals surface area contributed by atoms with Crippen molar-refractivity contribution in [1.29, 1.82) is 0 Å². The maximum absolute atomic E-state index is 13.1. The number of carbonyl (C=O) groups excluding carboxylic acids is 1. The lowest BCUT2D eigenvalue weighted by molar-refractivity contribution is -0.120. The summed E-state index contributed by atoms with van der Waals surface area (Å²) in [6, 6.07) is 5.95. The van der Waals surface area contributed by atoms with Crippen molar-refractivity contribution in [2.45, 2.75) is 29.3 Å². The molecule has 0 saturated heterocycles. The smallest absolute Gasteiger partial charge is 0.238 e. The highest BCUT2D eigenvalue weighted by Crippen LogP contribution is 2.35. The number of nitrogen functional groups attached to an aromatic ring is 2. The first-order chi connectivity index (χ1) is 11.0. The number of nitrogens with two attached hydrogens (primary N) is 2. The molecule has 1 atom stereocenters. The third kappa shape index (κ3) is 4.07. The molecule has 1 aliphatic rings. The topological polar surface area (TPSA) is 120 Å². The largest absolute Gasteiger partial charge is 0.368 e. The minimum atomic E-state index is -0.627. The molecule has 1 saturated carbocycles. The summed E-state index contributed by atoms with van der Waals surface area (Å²) in [6.45, 7) is 0. The van der Waals surface area contributed by atoms with Crippen LogP contribution in [-0.2, 0) is 4.79 Å². The average Bonchev–Trinajstić information content (AvgIpc) is 3.29. The first-order valence-electron chi connectivity index (χ1n) is 7.01. The number of carbonyl (C=O) groups is 1. The number of amides is 1. The van der Waals surface area contributed by atoms with Crippen LogP contribution in [0.15, 0.2) is 29.4 Å². The van der Waals surface area contributed by atoms with E-state index in [0.717, 1.165) is 24.6 Å². The molecule has 1 aromatic heterocycles. The van der Waals surface area contributed by atoms with E-state index in [-0.39, 0.29) is 34.8 Å². The Hall–Kier alpha value is -2.42. The van der Waals surface area contributed by atoms with Gasteiger partial charge in [-0.1, -0.05) is 23.9 Å². The van der Waals surface area contributed by atoms with Gasteiger partial charge >= 0.3 is 0 Å². The lowest BCUT2D eigenvalue weighted by atomic mass is 10.1. The maximum Gasteiger partial charge on any atom is 0.238 e. The Morgan fingerprint density at radius 1 is 1.17 bits per heavy atom. The van der Waals surface area contributed by atoms with Gasteiger partial charge in [0.1, 0.15) is 11.1 Å². The van der Waals surface area contributed by atoms with Gasteiger partial charge in [0, 0.05) is 6.04 Å². The van der Waals surface area contributed by atoms with Crippen LogP contribution in [0.3, 0.4) is 0 Å². The number of rotatable bonds is 5. The summed E-state index contributed by atoms with van der Waals surface area (Å²) >= 11 is 1.10. The number of nitrogens with one attached hydrogen (secondary N) is 1. The second-order valence-corrected chi connectivity index (χ2v) is 6.24. The number of aromatic nitrogens is 3. The molecule has 7 nitrogen and oxygen atoms in total. The number of halogens is 1. The van der Waals surface area contributed by atoms with Crippen LogP contribution in [0, 0.1) is 5.82 Å². The van der Waals surface area contributed by atoms with E-state index in [1.165, 1.54) is 12.1 Å². The minimum absolute atomic E-state index is 0.0135. The Balaban J connectivity index is 1.87. The summed E-state index contributed by atoms with van der Waals surface area (Å²) in [4.78, 5) is 24.1. The van der Waals surface area contributed by atoms with Gasteiger partial charge in [-0.05, 0) is 30.5 Å². The van der Waals surface area contributed by atoms with Crippen molar-refractivity contribution in [2.75, 3.05) is 11.5 Å². The minimum Gasteiger partial charge on any atom is -0.368 e. The fourth-order valence-corrected chi connectivity index (χ4v) is 2.93. The summed E-state index contributed by atoms with van der Waals surface area (Å²) in [5.74, 6) is -0.573. The van der Waals surface area contributed by atoms with E-state index in [1.54, 1.807) is 12.1 Å². The maximum atomic E-state index is 13.1. The van der Waals surface area contributed by atoms with Gasteiger partial charge in [0.2, 0.25) is 17.8 Å². The molecule has 0 aliphatic heterocycles. The molecule has 0 bridgehead atoms. The van der Waals surface area contributed by atoms with Crippen molar-refractivity contribution in [3.8, 4) is 0 Å². The highest BCUT2D eigenvalue weighted by molar-refractivity contribution is 8.00. The normalized spacial score (nSPS) is 15.2. The van der Waals surface area contributed by atoms with Crippen LogP contribution in [0.2, 0.25) is 0 Å². The van der Waals surface area contributed by atoms with E-state index in [9.17, 15) is 9.18 Å². The Labute approximate surface area is 136 Å². The number of hydrogen-bond donors (Lipinski definition) is 3. The molecule has 1 fully saturated rings. The molecule has 1 aliphatic carbocycles. The Kier molecular flexibility index (Phi) is 4.28. The van der Waals surface area contributed by atoms with Gasteiger partial charge in [0.25, 0.3) is 0 Å². The summed E-state index contributed by atoms with van der Waals surface area (Å²) in [7, 11) is 0. The van der Waals surface area contributed by atoms with Gasteiger partial charge < -0.3 is 16.8 Å². The molecule has 23 heavy (non-hydrogen) atoms. The molecule has 0 spiro atoms. The van der Waals surface area contributed by atoms with E-state index in [4.69, 9.17) is 11.5 Å². The Bertz CT molecular complexity index is 701. The second kappa shape index (κ2) is 6.37. The van der Waals surface area contributed by atoms with Crippen LogP contribution in [0.25, 0.3) is 0 Å². The van der Waals surface area contributed by atoms with Crippen molar-refractivity contribution in [2.24, 2.45) is 0 Å². The van der Waals surface area contributed by atoms with Crippen LogP contribution in [0.4, 0.5) is 16.3 Å². The molecular formula is C14H15FN6OS. The zero-order chi connectivity index (χ0) is 16.4. The van der Waals surface area contributed by atoms with Gasteiger partial charge in [0.05, 0.1) is 0 Å². The van der Waals surface area contributed by atoms with Crippen LogP contribution in [-0.4, -0.2) is 26.9 Å². The van der Waals surface area contributed by atoms with E-state index in [2.05, 4.69) is 20.3 Å². The molecule has 5 N–H and O–H groups in total. The van der Waals surface area contributed by atoms with Gasteiger partial charge in [-0.2, -0.15) is 15.0 Å². The number of hydrogen-bond acceptors (Lipinski definition) is 7. The quantitative estimate of drug-likeness (QED) is 0.705. The first kappa shape index (κ1) is 15.5. The highest BCUT2D eigenvalue weighted by Gasteiger charge is 2.30. The van der Waals surface area contributed by atoms with Crippen LogP contribution in [0.1, 0.15) is 23.7 Å². The van der Waals surface area contributed by atoms with Crippen molar-refractivity contribution in [1.82, 2.24) is 20.3 Å². The number of anilines is 2. The predicted molar refractivity (Wildman–Crippen MR) is 84.8 cm³/mol. The third-order valence-corrected chi connectivity index (χ3v) is 4.32. The van der Waals surface area contributed by atoms with Crippen molar-refractivity contribution in [3.63, 3.8) is 0 Å². The highest BCUT2D eigenvalue weighted by atomic mass is 32.2. The van der Waals surface area contributed by atoms with Gasteiger partial charge in [-0.15, -0.1) is 0 Å². The molecule has 120 valence electrons. The van der Waals surface area contributed by atoms with Crippen LogP contribution < -0.4 is 16.8 Å². The van der Waals surface area contributed by atoms with Crippen molar-refractivity contribution < 1.29 is 9.18 Å². The average molecular weight is 334 g/mol. The molecular weight excluding hydrogens is 319 g/mol. The fourth-order valence-electron chi connectivity index (χ4n) is 1.96. The number of benzene rings is 1.